The fourth-order valence-electron chi connectivity index (χ4n) is 10.3. The molecule has 0 atom stereocenters. The third-order valence-corrected chi connectivity index (χ3v) is 13.9. The Morgan fingerprint density at radius 1 is 0.367 bits per heavy atom. The van der Waals surface area contributed by atoms with Gasteiger partial charge in [-0.15, -0.1) is 0 Å². The van der Waals surface area contributed by atoms with E-state index in [1.807, 2.05) is 162 Å². The van der Waals surface area contributed by atoms with Crippen molar-refractivity contribution in [3.8, 4) is 102 Å². The van der Waals surface area contributed by atoms with Crippen LogP contribution >= 0.6 is 0 Å². The number of fused-ring (bicyclic) bond motifs is 3. The van der Waals surface area contributed by atoms with E-state index in [-0.39, 0.29) is 5.56 Å². The predicted molar refractivity (Wildman–Crippen MR) is 300 cm³/mol. The van der Waals surface area contributed by atoms with Crippen molar-refractivity contribution in [2.45, 2.75) is 26.2 Å². The van der Waals surface area contributed by atoms with Crippen LogP contribution in [0.15, 0.2) is 218 Å². The van der Waals surface area contributed by atoms with Gasteiger partial charge in [0.15, 0.2) is 11.6 Å². The molecule has 0 fully saturated rings. The van der Waals surface area contributed by atoms with E-state index in [2.05, 4.69) is 6.07 Å². The molecule has 0 radical (unpaired) electrons. The zero-order chi connectivity index (χ0) is 54.6. The molecule has 382 valence electrons. The van der Waals surface area contributed by atoms with Crippen LogP contribution in [-0.4, -0.2) is 24.5 Å². The van der Waals surface area contributed by atoms with Crippen molar-refractivity contribution in [1.82, 2.24) is 24.5 Å². The lowest BCUT2D eigenvalue weighted by Gasteiger charge is -2.20. The summed E-state index contributed by atoms with van der Waals surface area (Å²) in [7, 11) is 0. The molecule has 0 amide bonds. The molecule has 0 spiro atoms. The van der Waals surface area contributed by atoms with Crippen LogP contribution in [0.1, 0.15) is 27.8 Å². The quantitative estimate of drug-likeness (QED) is 0.135. The van der Waals surface area contributed by atoms with Gasteiger partial charge in [0.2, 0.25) is 0 Å². The van der Waals surface area contributed by atoms with Gasteiger partial charge in [-0.3, -0.25) is 0 Å². The van der Waals surface area contributed by atoms with Crippen LogP contribution in [0.2, 0.25) is 0 Å². The fraction of sp³-hybridized carbons (Fsp3) is 0.0597. The number of nitrogens with zero attached hydrogens (tertiary/aromatic N) is 6. The molecule has 0 aliphatic heterocycles. The number of nitriles is 1. The van der Waals surface area contributed by atoms with Crippen molar-refractivity contribution in [3.63, 3.8) is 0 Å². The largest absolute Gasteiger partial charge is 0.416 e. The Labute approximate surface area is 450 Å². The van der Waals surface area contributed by atoms with Crippen molar-refractivity contribution >= 4 is 21.8 Å². The lowest BCUT2D eigenvalue weighted by Crippen LogP contribution is -2.06. The summed E-state index contributed by atoms with van der Waals surface area (Å²) in [5.41, 5.74) is 9.00. The summed E-state index contributed by atoms with van der Waals surface area (Å²) in [5, 5.41) is 12.2. The third kappa shape index (κ3) is 9.79. The minimum absolute atomic E-state index is 0.279. The smallest absolute Gasteiger partial charge is 0.308 e. The maximum atomic E-state index is 14.4. The van der Waals surface area contributed by atoms with Gasteiger partial charge in [-0.1, -0.05) is 146 Å². The first-order valence-corrected chi connectivity index (χ1v) is 25.2. The third-order valence-electron chi connectivity index (χ3n) is 13.9. The summed E-state index contributed by atoms with van der Waals surface area (Å²) in [4.78, 5) is 20.8. The number of alkyl halides is 6. The average Bonchev–Trinajstić information content (AvgIpc) is 4.08. The fourth-order valence-corrected chi connectivity index (χ4v) is 10.3. The summed E-state index contributed by atoms with van der Waals surface area (Å²) >= 11 is 0. The lowest BCUT2D eigenvalue weighted by atomic mass is 9.95. The first-order valence-electron chi connectivity index (χ1n) is 25.2. The summed E-state index contributed by atoms with van der Waals surface area (Å²) in [6.45, 7) is 3.22. The maximum absolute atomic E-state index is 14.4. The Morgan fingerprint density at radius 2 is 0.734 bits per heavy atom. The molecule has 0 unspecified atom stereocenters. The molecular formula is C67H42F6N6. The van der Waals surface area contributed by atoms with Gasteiger partial charge >= 0.3 is 12.4 Å². The van der Waals surface area contributed by atoms with E-state index in [1.165, 1.54) is 0 Å². The molecule has 9 aromatic carbocycles. The Balaban J connectivity index is 1.23. The number of aryl methyl sites for hydroxylation is 2. The normalized spacial score (nSPS) is 11.8. The van der Waals surface area contributed by atoms with Crippen molar-refractivity contribution in [2.24, 2.45) is 0 Å². The Bertz CT molecular complexity index is 3970. The second kappa shape index (κ2) is 19.9. The average molecular weight is 1050 g/mol. The zero-order valence-corrected chi connectivity index (χ0v) is 42.2. The number of hydrogen-bond donors (Lipinski definition) is 0. The summed E-state index contributed by atoms with van der Waals surface area (Å²) in [6, 6.07) is 66.9. The number of aromatic nitrogens is 5. The topological polar surface area (TPSA) is 80.3 Å². The number of hydrogen-bond acceptors (Lipinski definition) is 5. The molecular weight excluding hydrogens is 1000 g/mol. The van der Waals surface area contributed by atoms with Crippen LogP contribution in [-0.2, 0) is 12.4 Å². The molecule has 12 aromatic rings. The zero-order valence-electron chi connectivity index (χ0n) is 42.2. The highest BCUT2D eigenvalue weighted by atomic mass is 19.4. The Hall–Kier alpha value is -9.99. The molecule has 0 N–H and O–H groups in total. The highest BCUT2D eigenvalue weighted by molar-refractivity contribution is 6.13. The van der Waals surface area contributed by atoms with Gasteiger partial charge in [0, 0.05) is 44.2 Å². The molecule has 79 heavy (non-hydrogen) atoms. The van der Waals surface area contributed by atoms with Gasteiger partial charge in [-0.2, -0.15) is 31.6 Å². The van der Waals surface area contributed by atoms with Gasteiger partial charge in [0.25, 0.3) is 0 Å². The van der Waals surface area contributed by atoms with E-state index in [0.717, 1.165) is 46.5 Å². The van der Waals surface area contributed by atoms with Crippen LogP contribution in [0, 0.1) is 25.2 Å². The molecule has 3 heterocycles. The second-order valence-electron chi connectivity index (χ2n) is 19.4. The molecule has 0 saturated carbocycles. The molecule has 3 aromatic heterocycles. The Morgan fingerprint density at radius 3 is 1.10 bits per heavy atom. The summed E-state index contributed by atoms with van der Waals surface area (Å²) < 4.78 is 88.6. The Kier molecular flexibility index (Phi) is 12.5. The minimum Gasteiger partial charge on any atom is -0.308 e. The molecule has 12 rings (SSSR count). The predicted octanol–water partition coefficient (Wildman–Crippen LogP) is 18.2. The lowest BCUT2D eigenvalue weighted by molar-refractivity contribution is -0.138. The molecule has 0 aliphatic rings. The highest BCUT2D eigenvalue weighted by Gasteiger charge is 2.33. The van der Waals surface area contributed by atoms with Gasteiger partial charge in [0.05, 0.1) is 62.3 Å². The van der Waals surface area contributed by atoms with Crippen LogP contribution in [0.25, 0.3) is 118 Å². The van der Waals surface area contributed by atoms with E-state index in [9.17, 15) is 31.6 Å². The second-order valence-corrected chi connectivity index (χ2v) is 19.4. The molecule has 0 aliphatic carbocycles. The maximum Gasteiger partial charge on any atom is 0.416 e. The minimum atomic E-state index is -4.62. The number of rotatable bonds is 9. The van der Waals surface area contributed by atoms with Crippen LogP contribution < -0.4 is 0 Å². The van der Waals surface area contributed by atoms with Gasteiger partial charge < -0.3 is 4.57 Å². The summed E-state index contributed by atoms with van der Waals surface area (Å²) in [6.07, 6.45) is -9.24. The molecule has 12 heteroatoms. The van der Waals surface area contributed by atoms with E-state index in [1.54, 1.807) is 50.2 Å². The van der Waals surface area contributed by atoms with E-state index >= 15 is 0 Å². The van der Waals surface area contributed by atoms with Gasteiger partial charge in [-0.25, -0.2) is 19.9 Å². The molecule has 6 nitrogen and oxygen atoms in total. The first kappa shape index (κ1) is 49.9. The van der Waals surface area contributed by atoms with Crippen molar-refractivity contribution in [2.75, 3.05) is 0 Å². The molecule has 0 bridgehead atoms. The standard InChI is InChI=1S/C67H42F6N6/c1-40-27-49(33-51(29-40)66(68,69)70)47-23-25-61-53(35-47)54-36-48(50-28-41(2)30-52(34-50)67(71,72)73)24-26-62(54)79(61)63-55(59-37-57(43-15-7-3-8-16-43)75-64(77-59)45-19-11-5-12-20-45)31-42(39-74)32-56(63)60-38-58(44-17-9-4-10-18-44)76-65(78-60)46-21-13-6-14-22-46/h3-38H,1-2H3. The van der Waals surface area contributed by atoms with E-state index < -0.39 is 23.5 Å². The number of halogens is 6. The van der Waals surface area contributed by atoms with E-state index in [0.29, 0.717) is 106 Å². The van der Waals surface area contributed by atoms with E-state index in [4.69, 9.17) is 19.9 Å². The van der Waals surface area contributed by atoms with Crippen molar-refractivity contribution in [1.29, 1.82) is 5.26 Å². The van der Waals surface area contributed by atoms with Crippen LogP contribution in [0.5, 0.6) is 0 Å². The monoisotopic (exact) mass is 1040 g/mol. The van der Waals surface area contributed by atoms with Crippen molar-refractivity contribution < 1.29 is 26.3 Å². The highest BCUT2D eigenvalue weighted by Crippen LogP contribution is 2.46. The summed E-state index contributed by atoms with van der Waals surface area (Å²) in [5.74, 6) is 0.826. The molecule has 0 saturated heterocycles. The van der Waals surface area contributed by atoms with Crippen molar-refractivity contribution in [3.05, 3.63) is 246 Å². The van der Waals surface area contributed by atoms with Gasteiger partial charge in [0.1, 0.15) is 0 Å². The van der Waals surface area contributed by atoms with Gasteiger partial charge in [-0.05, 0) is 120 Å². The SMILES string of the molecule is Cc1cc(-c2ccc3c(c2)c2cc(-c4cc(C)cc(C(F)(F)F)c4)ccc2n3-c2c(-c3cc(-c4ccccc4)nc(-c4ccccc4)n3)cc(C#N)cc2-c2cc(-c3ccccc3)nc(-c3ccccc3)n2)cc(C(F)(F)F)c1. The van der Waals surface area contributed by atoms with Crippen LogP contribution in [0.3, 0.4) is 0 Å². The van der Waals surface area contributed by atoms with Crippen LogP contribution in [0.4, 0.5) is 26.3 Å². The first-order chi connectivity index (χ1) is 38.1. The number of benzene rings is 9.